The second-order valence-electron chi connectivity index (χ2n) is 31.8. The predicted molar refractivity (Wildman–Crippen MR) is 350 cm³/mol. The minimum atomic E-state index is -2.27. The van der Waals surface area contributed by atoms with Crippen LogP contribution in [-0.2, 0) is 43.0 Å². The van der Waals surface area contributed by atoms with Crippen molar-refractivity contribution in [1.29, 1.82) is 0 Å². The van der Waals surface area contributed by atoms with Crippen molar-refractivity contribution in [3.63, 3.8) is 0 Å². The summed E-state index contributed by atoms with van der Waals surface area (Å²) in [4.78, 5) is 65.9. The van der Waals surface area contributed by atoms with E-state index in [1.54, 1.807) is 55.4 Å². The first-order valence-corrected chi connectivity index (χ1v) is 31.9. The number of carboxylic acids is 2. The Morgan fingerprint density at radius 2 is 0.773 bits per heavy atom. The standard InChI is InChI=1S/C11H22O3.C10H18O7.C10H20O6.C10H20O4.C10H18O3.C8H14O5.C7H14O3/c1-5-7-6-8(12)9(13)10(14-7)11(2,3)4;1-10(2,3)8(15)6(13)4(11)5(12)7(14)9(16)17;1-10(2,3)9(16)8(15)7(14)6(13)5(12)4-11;1-5-6(11)7(12)8(13)9(14-5)10(2,3)4;1-6-5-7(11)8(12)9(13-6)10(2,3)4;1-8(2,3)6(11)4(9)5(10)7(12)13;1-7(2,3)6(10)5(9)4-8/h7-10,12-13H,5-6H2,1-4H3;4-7,11-14H,1-3H3,(H,16,17);5-8,11-15H,4H2,1-3H3;5-9,11-13H,1-4H3;5,7-9,11-12H,1-4H3;4-5,9-10H,1-3H3,(H,12,13);5,8-9H,4H2,1-3H3. The summed E-state index contributed by atoms with van der Waals surface area (Å²) in [6.07, 6.45) is -25.2. The maximum Gasteiger partial charge on any atom is 0.335 e. The quantitative estimate of drug-likeness (QED) is 0.0780. The predicted octanol–water partition coefficient (Wildman–Crippen LogP) is -2.19. The number of aliphatic hydroxyl groups excluding tert-OH is 20. The molecule has 97 heavy (non-hydrogen) atoms. The van der Waals surface area contributed by atoms with Gasteiger partial charge in [0.1, 0.15) is 97.7 Å². The van der Waals surface area contributed by atoms with Crippen molar-refractivity contribution >= 4 is 35.1 Å². The molecule has 22 N–H and O–H groups in total. The largest absolute Gasteiger partial charge is 0.492 e. The minimum Gasteiger partial charge on any atom is -0.492 e. The molecule has 0 saturated carbocycles. The maximum absolute atomic E-state index is 11.6. The van der Waals surface area contributed by atoms with E-state index in [0.29, 0.717) is 12.2 Å². The fraction of sp³-hybridized carbons (Fsp3) is 0.879. The van der Waals surface area contributed by atoms with Gasteiger partial charge in [-0.1, -0.05) is 152 Å². The van der Waals surface area contributed by atoms with Gasteiger partial charge in [0.25, 0.3) is 0 Å². The Hall–Kier alpha value is -3.72. The second kappa shape index (κ2) is 41.4. The molecule has 0 bridgehead atoms. The molecule has 23 unspecified atom stereocenters. The highest BCUT2D eigenvalue weighted by atomic mass is 16.5. The Labute approximate surface area is 571 Å². The van der Waals surface area contributed by atoms with Crippen LogP contribution >= 0.6 is 0 Å². The minimum absolute atomic E-state index is 0.0811. The van der Waals surface area contributed by atoms with Crippen molar-refractivity contribution in [2.75, 3.05) is 13.2 Å². The van der Waals surface area contributed by atoms with Crippen LogP contribution in [0.15, 0.2) is 11.8 Å². The number of carbonyl (C=O) groups is 6. The van der Waals surface area contributed by atoms with Gasteiger partial charge in [0, 0.05) is 33.5 Å². The molecule has 3 heterocycles. The molecule has 0 aromatic rings. The Morgan fingerprint density at radius 1 is 0.433 bits per heavy atom. The van der Waals surface area contributed by atoms with Crippen LogP contribution in [0.5, 0.6) is 0 Å². The first-order chi connectivity index (χ1) is 43.1. The van der Waals surface area contributed by atoms with Gasteiger partial charge in [-0.15, -0.1) is 0 Å². The van der Waals surface area contributed by atoms with Crippen LogP contribution in [0.1, 0.15) is 179 Å². The summed E-state index contributed by atoms with van der Waals surface area (Å²) >= 11 is 0. The van der Waals surface area contributed by atoms with E-state index in [-0.39, 0.29) is 40.3 Å². The molecule has 0 spiro atoms. The first kappa shape index (κ1) is 99.7. The third-order valence-corrected chi connectivity index (χ3v) is 15.1. The maximum atomic E-state index is 11.6. The zero-order valence-corrected chi connectivity index (χ0v) is 61.2. The van der Waals surface area contributed by atoms with E-state index in [2.05, 4.69) is 0 Å². The summed E-state index contributed by atoms with van der Waals surface area (Å²) in [5.41, 5.74) is -3.82. The average Bonchev–Trinajstić information content (AvgIpc) is 0.832. The lowest BCUT2D eigenvalue weighted by Gasteiger charge is -2.44. The number of carbonyl (C=O) groups excluding carboxylic acids is 4. The van der Waals surface area contributed by atoms with Crippen LogP contribution in [0.25, 0.3) is 0 Å². The smallest absolute Gasteiger partial charge is 0.335 e. The fourth-order valence-corrected chi connectivity index (χ4v) is 8.76. The molecule has 0 aromatic heterocycles. The van der Waals surface area contributed by atoms with E-state index < -0.39 is 186 Å². The number of ether oxygens (including phenoxy) is 3. The zero-order chi connectivity index (χ0) is 78.5. The van der Waals surface area contributed by atoms with Gasteiger partial charge in [0.15, 0.2) is 35.3 Å². The summed E-state index contributed by atoms with van der Waals surface area (Å²) in [6, 6.07) is 0. The van der Waals surface area contributed by atoms with Gasteiger partial charge >= 0.3 is 11.9 Å². The summed E-state index contributed by atoms with van der Waals surface area (Å²) < 4.78 is 16.7. The Kier molecular flexibility index (Phi) is 42.5. The van der Waals surface area contributed by atoms with Gasteiger partial charge in [-0.05, 0) is 37.2 Å². The molecule has 0 amide bonds. The highest BCUT2D eigenvalue weighted by Gasteiger charge is 2.48. The Balaban J connectivity index is -0.000000522. The van der Waals surface area contributed by atoms with Crippen molar-refractivity contribution in [3.8, 4) is 0 Å². The van der Waals surface area contributed by atoms with Crippen LogP contribution in [-0.4, -0.2) is 301 Å². The molecule has 2 saturated heterocycles. The number of hydrogen-bond acceptors (Lipinski definition) is 29. The molecule has 31 nitrogen and oxygen atoms in total. The molecule has 0 radical (unpaired) electrons. The van der Waals surface area contributed by atoms with Gasteiger partial charge in [0.05, 0.1) is 49.5 Å². The van der Waals surface area contributed by atoms with Crippen LogP contribution in [0.4, 0.5) is 0 Å². The van der Waals surface area contributed by atoms with Gasteiger partial charge in [-0.2, -0.15) is 0 Å². The SMILES string of the molecule is CC(C)(C)C(=O)C(O)C(O)C(=O)O.CC(C)(C)C(=O)C(O)C(O)C(O)C(O)C(=O)O.CC(C)(C)C(=O)C(O)C(O)C(O)C(O)CO.CC(C)(C)C(=O)C(O)CO.CC1=CC(O)C(O)C(C(C)(C)C)O1.CC1OC(C(C)(C)C)C(O)C(O)C1O.CCC1CC(O)C(O)C(C(C)(C)C)O1. The average molecular weight is 1420 g/mol. The molecule has 23 atom stereocenters. The van der Waals surface area contributed by atoms with Crippen LogP contribution in [0, 0.1) is 37.9 Å². The monoisotopic (exact) mass is 1410 g/mol. The molecule has 3 aliphatic heterocycles. The number of hydrogen-bond donors (Lipinski definition) is 22. The van der Waals surface area contributed by atoms with Crippen molar-refractivity contribution < 1.29 is 155 Å². The summed E-state index contributed by atoms with van der Waals surface area (Å²) in [5.74, 6) is -5.11. The van der Waals surface area contributed by atoms with Gasteiger partial charge < -0.3 is 127 Å². The van der Waals surface area contributed by atoms with Gasteiger partial charge in [-0.25, -0.2) is 9.59 Å². The number of allylic oxidation sites excluding steroid dienone is 1. The molecule has 2 fully saturated rings. The number of carboxylic acid groups (broad SMARTS) is 2. The van der Waals surface area contributed by atoms with Crippen LogP contribution in [0.2, 0.25) is 0 Å². The highest BCUT2D eigenvalue weighted by molar-refractivity contribution is 5.92. The Bertz CT molecular complexity index is 2350. The molecule has 576 valence electrons. The van der Waals surface area contributed by atoms with Gasteiger partial charge in [0.2, 0.25) is 0 Å². The van der Waals surface area contributed by atoms with E-state index in [0.717, 1.165) is 6.42 Å². The number of aliphatic carboxylic acids is 2. The highest BCUT2D eigenvalue weighted by Crippen LogP contribution is 2.35. The van der Waals surface area contributed by atoms with E-state index in [1.807, 2.05) is 69.2 Å². The van der Waals surface area contributed by atoms with Crippen LogP contribution < -0.4 is 0 Å². The molecule has 0 aliphatic carbocycles. The summed E-state index contributed by atoms with van der Waals surface area (Å²) in [5, 5.41) is 202. The van der Waals surface area contributed by atoms with Crippen molar-refractivity contribution in [3.05, 3.63) is 11.8 Å². The van der Waals surface area contributed by atoms with E-state index >= 15 is 0 Å². The third-order valence-electron chi connectivity index (χ3n) is 15.1. The molecular weight excluding hydrogens is 1290 g/mol. The van der Waals surface area contributed by atoms with E-state index in [4.69, 9.17) is 60.2 Å². The lowest BCUT2D eigenvalue weighted by atomic mass is 9.80. The van der Waals surface area contributed by atoms with Crippen molar-refractivity contribution in [1.82, 2.24) is 0 Å². The van der Waals surface area contributed by atoms with E-state index in [9.17, 15) is 95.2 Å². The number of rotatable bonds is 16. The molecular formula is C66H126O31. The fourth-order valence-electron chi connectivity index (χ4n) is 8.76. The number of ketones is 4. The number of Topliss-reactive ketones (excluding diaryl/α,β-unsaturated/α-hetero) is 4. The summed E-state index contributed by atoms with van der Waals surface area (Å²) in [7, 11) is 0. The zero-order valence-electron chi connectivity index (χ0n) is 61.2. The second-order valence-corrected chi connectivity index (χ2v) is 31.8. The van der Waals surface area contributed by atoms with E-state index in [1.165, 1.54) is 47.6 Å². The molecule has 31 heteroatoms. The number of aliphatic hydroxyl groups is 20. The summed E-state index contributed by atoms with van der Waals surface area (Å²) in [6.45, 7) is 40.9. The van der Waals surface area contributed by atoms with Crippen LogP contribution in [0.3, 0.4) is 0 Å². The van der Waals surface area contributed by atoms with Crippen molar-refractivity contribution in [2.24, 2.45) is 37.9 Å². The lowest BCUT2D eigenvalue weighted by Crippen LogP contribution is -2.59. The first-order valence-electron chi connectivity index (χ1n) is 31.9. The Morgan fingerprint density at radius 3 is 1.08 bits per heavy atom. The lowest BCUT2D eigenvalue weighted by molar-refractivity contribution is -0.239. The normalized spacial score (nSPS) is 27.4. The third kappa shape index (κ3) is 34.2. The molecule has 3 aliphatic rings. The molecule has 3 rings (SSSR count). The topological polar surface area (TPSA) is 575 Å². The van der Waals surface area contributed by atoms with Gasteiger partial charge in [-0.3, -0.25) is 19.2 Å². The molecule has 0 aromatic carbocycles. The van der Waals surface area contributed by atoms with Crippen molar-refractivity contribution in [2.45, 2.75) is 319 Å².